The highest BCUT2D eigenvalue weighted by atomic mass is 19.1. The molecule has 2 fully saturated rings. The molecule has 1 aromatic rings. The highest BCUT2D eigenvalue weighted by Crippen LogP contribution is 2.41. The lowest BCUT2D eigenvalue weighted by atomic mass is 10.0. The third-order valence-corrected chi connectivity index (χ3v) is 4.78. The van der Waals surface area contributed by atoms with Gasteiger partial charge < -0.3 is 10.6 Å². The number of hydrogen-bond acceptors (Lipinski definition) is 4. The number of rotatable bonds is 5. The van der Waals surface area contributed by atoms with Crippen LogP contribution in [0.4, 0.5) is 4.39 Å². The Labute approximate surface area is 147 Å². The molecular weight excluding hydrogens is 323 g/mol. The van der Waals surface area contributed by atoms with E-state index in [1.54, 1.807) is 4.90 Å². The van der Waals surface area contributed by atoms with Crippen LogP contribution in [0.5, 0.6) is 0 Å². The van der Waals surface area contributed by atoms with Crippen LogP contribution in [0, 0.1) is 5.82 Å². The summed E-state index contributed by atoms with van der Waals surface area (Å²) in [5.74, 6) is -0.290. The van der Waals surface area contributed by atoms with Crippen LogP contribution >= 0.6 is 0 Å². The van der Waals surface area contributed by atoms with E-state index in [1.165, 1.54) is 6.07 Å². The van der Waals surface area contributed by atoms with E-state index in [0.717, 1.165) is 24.0 Å². The molecule has 0 aromatic heterocycles. The average Bonchev–Trinajstić information content (AvgIpc) is 3.38. The third-order valence-electron chi connectivity index (χ3n) is 4.78. The summed E-state index contributed by atoms with van der Waals surface area (Å²) in [7, 11) is 3.62. The minimum Gasteiger partial charge on any atom is -0.348 e. The van der Waals surface area contributed by atoms with Gasteiger partial charge in [-0.25, -0.2) is 4.39 Å². The molecule has 1 aliphatic heterocycles. The monoisotopic (exact) mass is 348 g/mol. The van der Waals surface area contributed by atoms with Gasteiger partial charge in [-0.3, -0.25) is 19.8 Å². The summed E-state index contributed by atoms with van der Waals surface area (Å²) >= 11 is 0. The Hall–Kier alpha value is -1.99. The maximum atomic E-state index is 14.2. The van der Waals surface area contributed by atoms with Crippen molar-refractivity contribution in [1.82, 2.24) is 20.9 Å². The molecule has 3 atom stereocenters. The maximum absolute atomic E-state index is 14.2. The first-order valence-electron chi connectivity index (χ1n) is 8.66. The minimum atomic E-state index is -0.612. The Morgan fingerprint density at radius 3 is 2.68 bits per heavy atom. The number of halogens is 1. The van der Waals surface area contributed by atoms with Crippen LogP contribution in [0.1, 0.15) is 49.3 Å². The zero-order valence-electron chi connectivity index (χ0n) is 14.8. The molecule has 2 amide bonds. The molecule has 0 radical (unpaired) electrons. The summed E-state index contributed by atoms with van der Waals surface area (Å²) in [4.78, 5) is 26.1. The van der Waals surface area contributed by atoms with Gasteiger partial charge in [-0.05, 0) is 57.0 Å². The van der Waals surface area contributed by atoms with E-state index in [2.05, 4.69) is 16.0 Å². The zero-order chi connectivity index (χ0) is 18.1. The molecule has 6 nitrogen and oxygen atoms in total. The molecule has 3 N–H and O–H groups in total. The second-order valence-electron chi connectivity index (χ2n) is 7.14. The first kappa shape index (κ1) is 17.8. The van der Waals surface area contributed by atoms with Gasteiger partial charge in [0.25, 0.3) is 0 Å². The Kier molecular flexibility index (Phi) is 5.06. The van der Waals surface area contributed by atoms with Crippen LogP contribution in [-0.2, 0) is 9.59 Å². The van der Waals surface area contributed by atoms with Crippen molar-refractivity contribution in [3.63, 3.8) is 0 Å². The standard InChI is InChI=1S/C18H25FN4O2/c1-10(12-6-7-13(11-4-5-11)14(19)8-12)20-17(25)15-9-16(24)22-18(21-15)23(2)3/h6-8,10-11,15,18,21H,4-5,9H2,1-3H3,(H,20,25)(H,22,24)/t10-,15?,18?/m1/s1. The molecule has 3 rings (SSSR count). The van der Waals surface area contributed by atoms with Crippen LogP contribution < -0.4 is 16.0 Å². The Morgan fingerprint density at radius 1 is 1.36 bits per heavy atom. The number of nitrogens with one attached hydrogen (secondary N) is 3. The van der Waals surface area contributed by atoms with Crippen molar-refractivity contribution >= 4 is 11.8 Å². The second kappa shape index (κ2) is 7.09. The first-order valence-corrected chi connectivity index (χ1v) is 8.66. The van der Waals surface area contributed by atoms with Crippen LogP contribution in [0.25, 0.3) is 0 Å². The Bertz CT molecular complexity index is 675. The van der Waals surface area contributed by atoms with Crippen molar-refractivity contribution < 1.29 is 14.0 Å². The molecular formula is C18H25FN4O2. The number of benzene rings is 1. The predicted octanol–water partition coefficient (Wildman–Crippen LogP) is 1.20. The van der Waals surface area contributed by atoms with E-state index in [4.69, 9.17) is 0 Å². The molecule has 2 unspecified atom stereocenters. The third kappa shape index (κ3) is 4.16. The highest BCUT2D eigenvalue weighted by Gasteiger charge is 2.32. The zero-order valence-corrected chi connectivity index (χ0v) is 14.8. The molecule has 25 heavy (non-hydrogen) atoms. The van der Waals surface area contributed by atoms with E-state index in [0.29, 0.717) is 5.92 Å². The molecule has 1 saturated carbocycles. The summed E-state index contributed by atoms with van der Waals surface area (Å²) < 4.78 is 14.2. The van der Waals surface area contributed by atoms with Gasteiger partial charge >= 0.3 is 0 Å². The summed E-state index contributed by atoms with van der Waals surface area (Å²) in [5.41, 5.74) is 1.49. The van der Waals surface area contributed by atoms with Crippen molar-refractivity contribution in [2.24, 2.45) is 0 Å². The van der Waals surface area contributed by atoms with Crippen LogP contribution in [0.2, 0.25) is 0 Å². The molecule has 136 valence electrons. The lowest BCUT2D eigenvalue weighted by Crippen LogP contribution is -2.65. The fraction of sp³-hybridized carbons (Fsp3) is 0.556. The van der Waals surface area contributed by atoms with E-state index in [1.807, 2.05) is 33.2 Å². The van der Waals surface area contributed by atoms with Gasteiger partial charge in [-0.2, -0.15) is 0 Å². The number of nitrogens with zero attached hydrogens (tertiary/aromatic N) is 1. The average molecular weight is 348 g/mol. The normalized spacial score (nSPS) is 24.8. The van der Waals surface area contributed by atoms with Crippen molar-refractivity contribution in [2.45, 2.75) is 50.5 Å². The van der Waals surface area contributed by atoms with Crippen molar-refractivity contribution in [3.05, 3.63) is 35.1 Å². The highest BCUT2D eigenvalue weighted by molar-refractivity contribution is 5.89. The Balaban J connectivity index is 1.63. The van der Waals surface area contributed by atoms with Crippen LogP contribution in [-0.4, -0.2) is 43.1 Å². The maximum Gasteiger partial charge on any atom is 0.238 e. The largest absolute Gasteiger partial charge is 0.348 e. The van der Waals surface area contributed by atoms with Gasteiger partial charge in [-0.15, -0.1) is 0 Å². The van der Waals surface area contributed by atoms with E-state index in [9.17, 15) is 14.0 Å². The smallest absolute Gasteiger partial charge is 0.238 e. The lowest BCUT2D eigenvalue weighted by Gasteiger charge is -2.35. The number of hydrogen-bond donors (Lipinski definition) is 3. The molecule has 7 heteroatoms. The van der Waals surface area contributed by atoms with E-state index in [-0.39, 0.29) is 36.4 Å². The summed E-state index contributed by atoms with van der Waals surface area (Å²) in [5, 5.41) is 8.72. The topological polar surface area (TPSA) is 73.5 Å². The van der Waals surface area contributed by atoms with Gasteiger partial charge in [0, 0.05) is 0 Å². The molecule has 1 saturated heterocycles. The van der Waals surface area contributed by atoms with Crippen molar-refractivity contribution in [1.29, 1.82) is 0 Å². The minimum absolute atomic E-state index is 0.0812. The number of carbonyl (C=O) groups is 2. The predicted molar refractivity (Wildman–Crippen MR) is 92.1 cm³/mol. The summed E-state index contributed by atoms with van der Waals surface area (Å²) in [6.07, 6.45) is 1.79. The molecule has 0 bridgehead atoms. The van der Waals surface area contributed by atoms with Gasteiger partial charge in [0.15, 0.2) is 0 Å². The van der Waals surface area contributed by atoms with Gasteiger partial charge in [0.2, 0.25) is 11.8 Å². The van der Waals surface area contributed by atoms with Gasteiger partial charge in [0.05, 0.1) is 18.5 Å². The second-order valence-corrected chi connectivity index (χ2v) is 7.14. The number of carbonyl (C=O) groups excluding carboxylic acids is 2. The Morgan fingerprint density at radius 2 is 2.08 bits per heavy atom. The van der Waals surface area contributed by atoms with Crippen molar-refractivity contribution in [3.8, 4) is 0 Å². The number of amides is 2. The first-order chi connectivity index (χ1) is 11.8. The molecule has 1 heterocycles. The summed E-state index contributed by atoms with van der Waals surface area (Å²) in [6, 6.07) is 4.24. The molecule has 0 spiro atoms. The lowest BCUT2D eigenvalue weighted by molar-refractivity contribution is -0.133. The summed E-state index contributed by atoms with van der Waals surface area (Å²) in [6.45, 7) is 1.82. The van der Waals surface area contributed by atoms with Crippen LogP contribution in [0.3, 0.4) is 0 Å². The SMILES string of the molecule is C[C@@H](NC(=O)C1CC(=O)NC(N(C)C)N1)c1ccc(C2CC2)c(F)c1. The fourth-order valence-corrected chi connectivity index (χ4v) is 3.07. The van der Waals surface area contributed by atoms with E-state index >= 15 is 0 Å². The fourth-order valence-electron chi connectivity index (χ4n) is 3.07. The quantitative estimate of drug-likeness (QED) is 0.748. The molecule has 1 aromatic carbocycles. The van der Waals surface area contributed by atoms with Crippen molar-refractivity contribution in [2.75, 3.05) is 14.1 Å². The van der Waals surface area contributed by atoms with Gasteiger partial charge in [0.1, 0.15) is 12.1 Å². The van der Waals surface area contributed by atoms with Crippen LogP contribution in [0.15, 0.2) is 18.2 Å². The molecule has 1 aliphatic carbocycles. The van der Waals surface area contributed by atoms with Gasteiger partial charge in [-0.1, -0.05) is 12.1 Å². The van der Waals surface area contributed by atoms with E-state index < -0.39 is 6.04 Å². The molecule has 2 aliphatic rings.